The number of imidazole rings is 1. The zero-order chi connectivity index (χ0) is 16.8. The van der Waals surface area contributed by atoms with E-state index in [9.17, 15) is 5.26 Å². The lowest BCUT2D eigenvalue weighted by Crippen LogP contribution is -2.01. The van der Waals surface area contributed by atoms with Gasteiger partial charge in [0.1, 0.15) is 22.5 Å². The second kappa shape index (κ2) is 8.22. The molecule has 4 nitrogen and oxygen atoms in total. The fourth-order valence-corrected chi connectivity index (χ4v) is 4.53. The number of nitrogens with zero attached hydrogens (tertiary/aromatic N) is 4. The molecule has 0 aliphatic carbocycles. The summed E-state index contributed by atoms with van der Waals surface area (Å²) in [6.45, 7) is 2.20. The zero-order valence-corrected chi connectivity index (χ0v) is 15.1. The van der Waals surface area contributed by atoms with E-state index >= 15 is 0 Å². The highest BCUT2D eigenvalue weighted by Gasteiger charge is 2.16. The summed E-state index contributed by atoms with van der Waals surface area (Å²) in [4.78, 5) is 9.16. The van der Waals surface area contributed by atoms with Crippen LogP contribution in [0.4, 0.5) is 0 Å². The van der Waals surface area contributed by atoms with Gasteiger partial charge >= 0.3 is 0 Å². The van der Waals surface area contributed by atoms with Gasteiger partial charge in [-0.1, -0.05) is 55.4 Å². The molecule has 0 fully saturated rings. The molecule has 0 unspecified atom stereocenters. The predicted octanol–water partition coefficient (Wildman–Crippen LogP) is 4.85. The Bertz CT molecular complexity index is 853. The quantitative estimate of drug-likeness (QED) is 0.263. The molecule has 0 aliphatic heterocycles. The Labute approximate surface area is 150 Å². The predicted molar refractivity (Wildman–Crippen MR) is 101 cm³/mol. The van der Waals surface area contributed by atoms with E-state index in [0.717, 1.165) is 27.3 Å². The summed E-state index contributed by atoms with van der Waals surface area (Å²) in [6.07, 6.45) is 6.00. The first-order valence-electron chi connectivity index (χ1n) is 7.88. The maximum absolute atomic E-state index is 9.57. The van der Waals surface area contributed by atoms with Crippen molar-refractivity contribution < 1.29 is 0 Å². The van der Waals surface area contributed by atoms with Crippen LogP contribution in [-0.2, 0) is 0 Å². The summed E-state index contributed by atoms with van der Waals surface area (Å²) in [7, 11) is 0. The van der Waals surface area contributed by atoms with Crippen LogP contribution in [0.1, 0.15) is 25.3 Å². The molecule has 0 saturated carbocycles. The van der Waals surface area contributed by atoms with E-state index in [1.165, 1.54) is 12.8 Å². The number of nitriles is 1. The van der Waals surface area contributed by atoms with Gasteiger partial charge in [0.05, 0.1) is 0 Å². The summed E-state index contributed by atoms with van der Waals surface area (Å²) >= 11 is 3.51. The topological polar surface area (TPSA) is 54.0 Å². The average molecular weight is 355 g/mol. The summed E-state index contributed by atoms with van der Waals surface area (Å²) < 4.78 is 1.89. The van der Waals surface area contributed by atoms with Gasteiger partial charge in [-0.2, -0.15) is 17.0 Å². The highest BCUT2D eigenvalue weighted by atomic mass is 32.2. The van der Waals surface area contributed by atoms with Gasteiger partial charge in [0.25, 0.3) is 0 Å². The third-order valence-corrected chi connectivity index (χ3v) is 5.86. The molecule has 3 aromatic rings. The minimum atomic E-state index is 0.556. The van der Waals surface area contributed by atoms with Crippen molar-refractivity contribution in [1.82, 2.24) is 14.4 Å². The number of hydrogen-bond donors (Lipinski definition) is 0. The lowest BCUT2D eigenvalue weighted by molar-refractivity contribution is 0.897. The molecule has 0 N–H and O–H groups in total. The van der Waals surface area contributed by atoms with Crippen molar-refractivity contribution in [3.63, 3.8) is 0 Å². The summed E-state index contributed by atoms with van der Waals surface area (Å²) in [6, 6.07) is 12.3. The molecule has 0 bridgehead atoms. The van der Waals surface area contributed by atoms with Gasteiger partial charge in [-0.3, -0.25) is 4.40 Å². The van der Waals surface area contributed by atoms with E-state index in [1.807, 2.05) is 52.7 Å². The maximum Gasteiger partial charge on any atom is 0.159 e. The van der Waals surface area contributed by atoms with Crippen molar-refractivity contribution in [2.24, 2.45) is 0 Å². The van der Waals surface area contributed by atoms with Crippen LogP contribution in [0.2, 0.25) is 0 Å². The molecular weight excluding hydrogens is 336 g/mol. The molecule has 0 saturated heterocycles. The van der Waals surface area contributed by atoms with Gasteiger partial charge in [-0.05, 0) is 12.2 Å². The van der Waals surface area contributed by atoms with E-state index in [2.05, 4.69) is 18.0 Å². The first-order chi connectivity index (χ1) is 11.8. The zero-order valence-electron chi connectivity index (χ0n) is 13.5. The standard InChI is InChI=1S/C18H18N4S2/c1-2-3-11-23-13-24-18-15(12-19)17-20-9-10-22(17)16(21-18)14-7-5-4-6-8-14/h4-10H,2-3,11,13H2,1H3. The number of aromatic nitrogens is 3. The number of thioether (sulfide) groups is 2. The Morgan fingerprint density at radius 1 is 1.25 bits per heavy atom. The molecule has 3 rings (SSSR count). The van der Waals surface area contributed by atoms with Gasteiger partial charge in [0.15, 0.2) is 5.65 Å². The van der Waals surface area contributed by atoms with Crippen LogP contribution in [0.25, 0.3) is 17.0 Å². The molecule has 2 heterocycles. The van der Waals surface area contributed by atoms with Crippen LogP contribution in [0, 0.1) is 11.3 Å². The molecule has 0 aliphatic rings. The van der Waals surface area contributed by atoms with Crippen molar-refractivity contribution in [3.8, 4) is 17.5 Å². The second-order valence-corrected chi connectivity index (χ2v) is 7.67. The van der Waals surface area contributed by atoms with E-state index in [0.29, 0.717) is 11.2 Å². The van der Waals surface area contributed by atoms with E-state index in [4.69, 9.17) is 4.98 Å². The molecule has 0 radical (unpaired) electrons. The molecule has 2 aromatic heterocycles. The molecule has 0 amide bonds. The number of unbranched alkanes of at least 4 members (excludes halogenated alkanes) is 1. The van der Waals surface area contributed by atoms with Crippen molar-refractivity contribution in [1.29, 1.82) is 5.26 Å². The van der Waals surface area contributed by atoms with E-state index in [1.54, 1.807) is 18.0 Å². The molecule has 122 valence electrons. The first-order valence-corrected chi connectivity index (χ1v) is 10.0. The molecule has 6 heteroatoms. The lowest BCUT2D eigenvalue weighted by Gasteiger charge is -2.10. The van der Waals surface area contributed by atoms with Gasteiger partial charge in [0, 0.05) is 23.0 Å². The van der Waals surface area contributed by atoms with Gasteiger partial charge in [-0.15, -0.1) is 0 Å². The fraction of sp³-hybridized carbons (Fsp3) is 0.278. The minimum Gasteiger partial charge on any atom is -0.283 e. The smallest absolute Gasteiger partial charge is 0.159 e. The highest BCUT2D eigenvalue weighted by molar-refractivity contribution is 8.15. The molecule has 1 aromatic carbocycles. The summed E-state index contributed by atoms with van der Waals surface area (Å²) in [5, 5.41) is 11.2. The van der Waals surface area contributed by atoms with E-state index < -0.39 is 0 Å². The highest BCUT2D eigenvalue weighted by Crippen LogP contribution is 2.30. The third kappa shape index (κ3) is 3.58. The SMILES string of the molecule is CCCCSCSc1nc(-c2ccccc2)n2ccnc2c1C#N. The lowest BCUT2D eigenvalue weighted by atomic mass is 10.2. The molecule has 0 atom stereocenters. The molecule has 24 heavy (non-hydrogen) atoms. The van der Waals surface area contributed by atoms with Crippen LogP contribution in [0.5, 0.6) is 0 Å². The third-order valence-electron chi connectivity index (χ3n) is 3.58. The van der Waals surface area contributed by atoms with Crippen molar-refractivity contribution >= 4 is 29.2 Å². The monoisotopic (exact) mass is 354 g/mol. The minimum absolute atomic E-state index is 0.556. The summed E-state index contributed by atoms with van der Waals surface area (Å²) in [5.41, 5.74) is 2.25. The second-order valence-electron chi connectivity index (χ2n) is 5.24. The number of hydrogen-bond acceptors (Lipinski definition) is 5. The maximum atomic E-state index is 9.57. The van der Waals surface area contributed by atoms with Crippen LogP contribution < -0.4 is 0 Å². The number of rotatable bonds is 7. The number of benzene rings is 1. The summed E-state index contributed by atoms with van der Waals surface area (Å²) in [5.74, 6) is 1.96. The Kier molecular flexibility index (Phi) is 5.78. The van der Waals surface area contributed by atoms with Crippen molar-refractivity contribution in [3.05, 3.63) is 48.3 Å². The largest absolute Gasteiger partial charge is 0.283 e. The van der Waals surface area contributed by atoms with Crippen LogP contribution >= 0.6 is 23.5 Å². The van der Waals surface area contributed by atoms with Crippen LogP contribution in [0.3, 0.4) is 0 Å². The Hall–Kier alpha value is -1.97. The van der Waals surface area contributed by atoms with Gasteiger partial charge in [0.2, 0.25) is 0 Å². The van der Waals surface area contributed by atoms with Gasteiger partial charge < -0.3 is 0 Å². The van der Waals surface area contributed by atoms with Crippen molar-refractivity contribution in [2.45, 2.75) is 24.8 Å². The molecular formula is C18H18N4S2. The Morgan fingerprint density at radius 2 is 2.08 bits per heavy atom. The number of fused-ring (bicyclic) bond motifs is 1. The molecule has 0 spiro atoms. The normalized spacial score (nSPS) is 10.8. The fourth-order valence-electron chi connectivity index (χ4n) is 2.36. The van der Waals surface area contributed by atoms with E-state index in [-0.39, 0.29) is 0 Å². The Morgan fingerprint density at radius 3 is 2.83 bits per heavy atom. The van der Waals surface area contributed by atoms with Crippen molar-refractivity contribution in [2.75, 3.05) is 10.8 Å². The van der Waals surface area contributed by atoms with Crippen LogP contribution in [0.15, 0.2) is 47.8 Å². The average Bonchev–Trinajstić information content (AvgIpc) is 3.11. The Balaban J connectivity index is 1.97. The van der Waals surface area contributed by atoms with Crippen LogP contribution in [-0.4, -0.2) is 25.2 Å². The first kappa shape index (κ1) is 16.9. The van der Waals surface area contributed by atoms with Gasteiger partial charge in [-0.25, -0.2) is 9.97 Å².